The first-order valence-corrected chi connectivity index (χ1v) is 8.17. The van der Waals surface area contributed by atoms with E-state index in [1.165, 1.54) is 32.2 Å². The van der Waals surface area contributed by atoms with Crippen LogP contribution >= 0.6 is 0 Å². The number of nitrogens with one attached hydrogen (secondary N) is 1. The predicted molar refractivity (Wildman–Crippen MR) is 80.5 cm³/mol. The van der Waals surface area contributed by atoms with Crippen molar-refractivity contribution >= 4 is 0 Å². The Bertz CT molecular complexity index is 276. The van der Waals surface area contributed by atoms with Gasteiger partial charge in [0.1, 0.15) is 0 Å². The molecule has 2 heterocycles. The summed E-state index contributed by atoms with van der Waals surface area (Å²) in [5.41, 5.74) is 0.109. The summed E-state index contributed by atoms with van der Waals surface area (Å²) in [6, 6.07) is 1.35. The van der Waals surface area contributed by atoms with E-state index in [2.05, 4.69) is 37.9 Å². The Morgan fingerprint density at radius 1 is 1.37 bits per heavy atom. The zero-order valence-electron chi connectivity index (χ0n) is 13.2. The topological polar surface area (TPSA) is 24.5 Å². The summed E-state index contributed by atoms with van der Waals surface area (Å²) in [5, 5.41) is 3.72. The zero-order valence-corrected chi connectivity index (χ0v) is 13.2. The molecule has 4 unspecified atom stereocenters. The minimum Gasteiger partial charge on any atom is -0.374 e. The summed E-state index contributed by atoms with van der Waals surface area (Å²) in [6.07, 6.45) is 4.96. The zero-order chi connectivity index (χ0) is 13.9. The molecule has 4 atom stereocenters. The normalized spacial score (nSPS) is 40.7. The van der Waals surface area contributed by atoms with Gasteiger partial charge in [0, 0.05) is 31.8 Å². The molecule has 0 aromatic rings. The van der Waals surface area contributed by atoms with Crippen LogP contribution in [0.1, 0.15) is 53.4 Å². The Morgan fingerprint density at radius 3 is 2.79 bits per heavy atom. The Kier molecular flexibility index (Phi) is 5.27. The molecule has 0 aromatic heterocycles. The van der Waals surface area contributed by atoms with Gasteiger partial charge in [0.25, 0.3) is 0 Å². The molecule has 1 N–H and O–H groups in total. The largest absolute Gasteiger partial charge is 0.374 e. The highest BCUT2D eigenvalue weighted by Gasteiger charge is 2.38. The number of nitrogens with zero attached hydrogens (tertiary/aromatic N) is 1. The Labute approximate surface area is 119 Å². The highest BCUT2D eigenvalue weighted by atomic mass is 16.5. The van der Waals surface area contributed by atoms with Gasteiger partial charge in [-0.2, -0.15) is 0 Å². The highest BCUT2D eigenvalue weighted by molar-refractivity contribution is 4.93. The van der Waals surface area contributed by atoms with Gasteiger partial charge in [-0.3, -0.25) is 4.90 Å². The molecule has 2 rings (SSSR count). The van der Waals surface area contributed by atoms with Crippen molar-refractivity contribution < 1.29 is 4.74 Å². The lowest BCUT2D eigenvalue weighted by atomic mass is 9.85. The third kappa shape index (κ3) is 3.71. The lowest BCUT2D eigenvalue weighted by molar-refractivity contribution is -0.0354. The minimum absolute atomic E-state index is 0.109. The van der Waals surface area contributed by atoms with Crippen LogP contribution < -0.4 is 5.32 Å². The molecule has 0 bridgehead atoms. The molecule has 0 aromatic carbocycles. The SMILES string of the molecule is CCCNC1CCN(CC2(C)CCCO2)C(C)C1C. The van der Waals surface area contributed by atoms with Crippen LogP contribution in [-0.2, 0) is 4.74 Å². The van der Waals surface area contributed by atoms with Gasteiger partial charge in [-0.1, -0.05) is 13.8 Å². The minimum atomic E-state index is 0.109. The molecule has 0 aliphatic carbocycles. The van der Waals surface area contributed by atoms with E-state index in [-0.39, 0.29) is 5.60 Å². The van der Waals surface area contributed by atoms with Crippen molar-refractivity contribution in [1.29, 1.82) is 0 Å². The summed E-state index contributed by atoms with van der Waals surface area (Å²) in [7, 11) is 0. The molecule has 3 nitrogen and oxygen atoms in total. The second-order valence-corrected chi connectivity index (χ2v) is 6.82. The molecule has 0 spiro atoms. The Balaban J connectivity index is 1.87. The number of rotatable bonds is 5. The average molecular weight is 268 g/mol. The highest BCUT2D eigenvalue weighted by Crippen LogP contribution is 2.30. The van der Waals surface area contributed by atoms with Crippen molar-refractivity contribution in [1.82, 2.24) is 10.2 Å². The molecular formula is C16H32N2O. The lowest BCUT2D eigenvalue weighted by Crippen LogP contribution is -2.56. The van der Waals surface area contributed by atoms with Crippen LogP contribution in [0, 0.1) is 5.92 Å². The number of piperidine rings is 1. The second kappa shape index (κ2) is 6.55. The van der Waals surface area contributed by atoms with E-state index >= 15 is 0 Å². The fourth-order valence-electron chi connectivity index (χ4n) is 3.67. The monoisotopic (exact) mass is 268 g/mol. The third-order valence-electron chi connectivity index (χ3n) is 5.19. The maximum atomic E-state index is 5.96. The molecule has 2 fully saturated rings. The quantitative estimate of drug-likeness (QED) is 0.829. The van der Waals surface area contributed by atoms with Gasteiger partial charge in [-0.15, -0.1) is 0 Å². The van der Waals surface area contributed by atoms with Gasteiger partial charge in [-0.05, 0) is 52.0 Å². The third-order valence-corrected chi connectivity index (χ3v) is 5.19. The fraction of sp³-hybridized carbons (Fsp3) is 1.00. The second-order valence-electron chi connectivity index (χ2n) is 6.82. The molecule has 3 heteroatoms. The molecule has 2 aliphatic heterocycles. The van der Waals surface area contributed by atoms with Crippen LogP contribution in [0.3, 0.4) is 0 Å². The van der Waals surface area contributed by atoms with E-state index in [0.717, 1.165) is 25.6 Å². The van der Waals surface area contributed by atoms with E-state index in [1.807, 2.05) is 0 Å². The first kappa shape index (κ1) is 15.3. The van der Waals surface area contributed by atoms with E-state index in [1.54, 1.807) is 0 Å². The summed E-state index contributed by atoms with van der Waals surface area (Å²) in [4.78, 5) is 2.65. The van der Waals surface area contributed by atoms with Crippen molar-refractivity contribution in [2.24, 2.45) is 5.92 Å². The Morgan fingerprint density at radius 2 is 2.16 bits per heavy atom. The molecule has 2 aliphatic rings. The van der Waals surface area contributed by atoms with Crippen LogP contribution in [0.2, 0.25) is 0 Å². The van der Waals surface area contributed by atoms with Crippen LogP contribution in [0.25, 0.3) is 0 Å². The first-order chi connectivity index (χ1) is 9.06. The van der Waals surface area contributed by atoms with Gasteiger partial charge in [0.15, 0.2) is 0 Å². The van der Waals surface area contributed by atoms with Gasteiger partial charge in [0.05, 0.1) is 5.60 Å². The van der Waals surface area contributed by atoms with Crippen LogP contribution in [0.4, 0.5) is 0 Å². The van der Waals surface area contributed by atoms with Crippen molar-refractivity contribution in [3.05, 3.63) is 0 Å². The standard InChI is InChI=1S/C16H32N2O/c1-5-9-17-15-7-10-18(14(3)13(15)2)12-16(4)8-6-11-19-16/h13-15,17H,5-12H2,1-4H3. The van der Waals surface area contributed by atoms with Gasteiger partial charge >= 0.3 is 0 Å². The van der Waals surface area contributed by atoms with Gasteiger partial charge in [0.2, 0.25) is 0 Å². The molecule has 0 radical (unpaired) electrons. The molecule has 2 saturated heterocycles. The first-order valence-electron chi connectivity index (χ1n) is 8.17. The van der Waals surface area contributed by atoms with Crippen LogP contribution in [-0.4, -0.2) is 48.8 Å². The van der Waals surface area contributed by atoms with Crippen molar-refractivity contribution in [2.75, 3.05) is 26.2 Å². The summed E-state index contributed by atoms with van der Waals surface area (Å²) in [6.45, 7) is 13.8. The summed E-state index contributed by atoms with van der Waals surface area (Å²) >= 11 is 0. The summed E-state index contributed by atoms with van der Waals surface area (Å²) in [5.74, 6) is 0.727. The smallest absolute Gasteiger partial charge is 0.0781 e. The van der Waals surface area contributed by atoms with Gasteiger partial charge < -0.3 is 10.1 Å². The average Bonchev–Trinajstić information content (AvgIpc) is 2.81. The Hall–Kier alpha value is -0.120. The van der Waals surface area contributed by atoms with Crippen LogP contribution in [0.15, 0.2) is 0 Å². The molecule has 19 heavy (non-hydrogen) atoms. The van der Waals surface area contributed by atoms with Gasteiger partial charge in [-0.25, -0.2) is 0 Å². The van der Waals surface area contributed by atoms with Crippen molar-refractivity contribution in [2.45, 2.75) is 71.1 Å². The van der Waals surface area contributed by atoms with E-state index in [4.69, 9.17) is 4.74 Å². The molecule has 0 amide bonds. The number of hydrogen-bond donors (Lipinski definition) is 1. The van der Waals surface area contributed by atoms with Crippen molar-refractivity contribution in [3.8, 4) is 0 Å². The fourth-order valence-corrected chi connectivity index (χ4v) is 3.67. The maximum Gasteiger partial charge on any atom is 0.0781 e. The van der Waals surface area contributed by atoms with E-state index in [0.29, 0.717) is 12.1 Å². The maximum absolute atomic E-state index is 5.96. The van der Waals surface area contributed by atoms with Crippen molar-refractivity contribution in [3.63, 3.8) is 0 Å². The number of likely N-dealkylation sites (tertiary alicyclic amines) is 1. The van der Waals surface area contributed by atoms with Crippen LogP contribution in [0.5, 0.6) is 0 Å². The van der Waals surface area contributed by atoms with E-state index in [9.17, 15) is 0 Å². The number of ether oxygens (including phenoxy) is 1. The van der Waals surface area contributed by atoms with E-state index < -0.39 is 0 Å². The summed E-state index contributed by atoms with van der Waals surface area (Å²) < 4.78 is 5.96. The predicted octanol–water partition coefficient (Wildman–Crippen LogP) is 2.65. The lowest BCUT2D eigenvalue weighted by Gasteiger charge is -2.45. The molecular weight excluding hydrogens is 236 g/mol. The number of hydrogen-bond acceptors (Lipinski definition) is 3. The molecule has 112 valence electrons. The molecule has 0 saturated carbocycles.